The van der Waals surface area contributed by atoms with Crippen molar-refractivity contribution in [2.45, 2.75) is 33.1 Å². The number of hydrogen-bond donors (Lipinski definition) is 1. The van der Waals surface area contributed by atoms with Gasteiger partial charge in [-0.1, -0.05) is 13.8 Å². The molecule has 8 heteroatoms. The largest absolute Gasteiger partial charge is 0.403 e. The summed E-state index contributed by atoms with van der Waals surface area (Å²) in [6.07, 6.45) is 4.65. The van der Waals surface area contributed by atoms with Crippen molar-refractivity contribution in [1.29, 1.82) is 0 Å². The molecule has 0 aliphatic carbocycles. The molecule has 0 saturated heterocycles. The topological polar surface area (TPSA) is 104 Å². The molecule has 8 nitrogen and oxygen atoms in total. The Balaban J connectivity index is 2.10. The summed E-state index contributed by atoms with van der Waals surface area (Å²) in [7, 11) is 0. The highest BCUT2D eigenvalue weighted by molar-refractivity contribution is 6.00. The molecular formula is C21H25N3O5. The SMILES string of the molecule is CCCN(CCC)CCc1c2n(c3ccc(C(N)=O)cc13)OC(=O)/C=C\C(=O)O2. The Labute approximate surface area is 168 Å². The molecule has 154 valence electrons. The van der Waals surface area contributed by atoms with Crippen LogP contribution in [0.3, 0.4) is 0 Å². The molecule has 0 fully saturated rings. The van der Waals surface area contributed by atoms with Crippen LogP contribution in [0.5, 0.6) is 5.88 Å². The minimum Gasteiger partial charge on any atom is -0.403 e. The van der Waals surface area contributed by atoms with E-state index in [0.717, 1.165) is 44.6 Å². The van der Waals surface area contributed by atoms with E-state index in [-0.39, 0.29) is 5.88 Å². The first-order valence-corrected chi connectivity index (χ1v) is 9.76. The van der Waals surface area contributed by atoms with Crippen LogP contribution in [-0.2, 0) is 16.0 Å². The van der Waals surface area contributed by atoms with Gasteiger partial charge >= 0.3 is 11.9 Å². The second kappa shape index (κ2) is 8.91. The van der Waals surface area contributed by atoms with Crippen molar-refractivity contribution >= 4 is 28.7 Å². The van der Waals surface area contributed by atoms with Crippen LogP contribution in [0.1, 0.15) is 42.6 Å². The third kappa shape index (κ3) is 4.48. The van der Waals surface area contributed by atoms with Gasteiger partial charge in [0.15, 0.2) is 0 Å². The number of fused-ring (bicyclic) bond motifs is 3. The van der Waals surface area contributed by atoms with Crippen LogP contribution in [-0.4, -0.2) is 47.1 Å². The minimum atomic E-state index is -0.691. The number of nitrogens with zero attached hydrogens (tertiary/aromatic N) is 2. The molecule has 0 saturated carbocycles. The number of carbonyl (C=O) groups excluding carboxylic acids is 3. The maximum Gasteiger partial charge on any atom is 0.356 e. The molecule has 0 bridgehead atoms. The summed E-state index contributed by atoms with van der Waals surface area (Å²) in [4.78, 5) is 43.4. The number of rotatable bonds is 8. The molecule has 29 heavy (non-hydrogen) atoms. The minimum absolute atomic E-state index is 0.150. The Hall–Kier alpha value is -3.13. The van der Waals surface area contributed by atoms with Gasteiger partial charge in [-0.2, -0.15) is 0 Å². The zero-order valence-electron chi connectivity index (χ0n) is 16.6. The van der Waals surface area contributed by atoms with E-state index in [9.17, 15) is 14.4 Å². The molecule has 0 radical (unpaired) electrons. The molecule has 1 amide bonds. The maximum atomic E-state index is 12.1. The van der Waals surface area contributed by atoms with E-state index in [0.29, 0.717) is 28.5 Å². The average Bonchev–Trinajstić information content (AvgIpc) is 2.95. The van der Waals surface area contributed by atoms with Gasteiger partial charge in [-0.15, -0.1) is 4.73 Å². The fraction of sp³-hybridized carbons (Fsp3) is 0.381. The lowest BCUT2D eigenvalue weighted by Crippen LogP contribution is -2.28. The number of nitrogens with two attached hydrogens (primary N) is 1. The van der Waals surface area contributed by atoms with E-state index in [2.05, 4.69) is 18.7 Å². The molecule has 1 aliphatic heterocycles. The van der Waals surface area contributed by atoms with Crippen LogP contribution in [0, 0.1) is 0 Å². The molecule has 0 unspecified atom stereocenters. The van der Waals surface area contributed by atoms with Gasteiger partial charge in [0.25, 0.3) is 0 Å². The van der Waals surface area contributed by atoms with Crippen LogP contribution >= 0.6 is 0 Å². The van der Waals surface area contributed by atoms with Crippen molar-refractivity contribution in [2.75, 3.05) is 19.6 Å². The van der Waals surface area contributed by atoms with Crippen molar-refractivity contribution in [3.8, 4) is 5.88 Å². The zero-order valence-corrected chi connectivity index (χ0v) is 16.6. The number of esters is 1. The van der Waals surface area contributed by atoms with E-state index in [1.807, 2.05) is 0 Å². The molecule has 2 N–H and O–H groups in total. The van der Waals surface area contributed by atoms with Gasteiger partial charge in [0, 0.05) is 35.2 Å². The third-order valence-corrected chi connectivity index (χ3v) is 4.76. The number of benzene rings is 1. The standard InChI is InChI=1S/C21H25N3O5/c1-3-10-23(11-4-2)12-9-15-16-13-14(20(22)27)5-6-17(16)24-21(15)28-18(25)7-8-19(26)29-24/h5-8,13H,3-4,9-12H2,1-2H3,(H2,22,27)/b8-7-. The maximum absolute atomic E-state index is 12.1. The summed E-state index contributed by atoms with van der Waals surface area (Å²) in [6, 6.07) is 4.82. The Morgan fingerprint density at radius 1 is 1.07 bits per heavy atom. The molecular weight excluding hydrogens is 374 g/mol. The van der Waals surface area contributed by atoms with Crippen molar-refractivity contribution in [1.82, 2.24) is 9.63 Å². The van der Waals surface area contributed by atoms with Crippen molar-refractivity contribution in [2.24, 2.45) is 5.73 Å². The van der Waals surface area contributed by atoms with E-state index < -0.39 is 17.8 Å². The van der Waals surface area contributed by atoms with Crippen LogP contribution in [0.25, 0.3) is 10.9 Å². The summed E-state index contributed by atoms with van der Waals surface area (Å²) in [5.41, 5.74) is 6.98. The number of hydrogen-bond acceptors (Lipinski definition) is 6. The molecule has 0 spiro atoms. The monoisotopic (exact) mass is 399 g/mol. The fourth-order valence-corrected chi connectivity index (χ4v) is 3.51. The van der Waals surface area contributed by atoms with E-state index >= 15 is 0 Å². The zero-order chi connectivity index (χ0) is 21.0. The van der Waals surface area contributed by atoms with Gasteiger partial charge in [-0.25, -0.2) is 9.59 Å². The molecule has 1 aliphatic rings. The number of amides is 1. The second-order valence-corrected chi connectivity index (χ2v) is 6.93. The van der Waals surface area contributed by atoms with Gasteiger partial charge in [-0.05, 0) is 50.6 Å². The molecule has 1 aromatic heterocycles. The van der Waals surface area contributed by atoms with Crippen LogP contribution in [0.2, 0.25) is 0 Å². The first kappa shape index (κ1) is 20.6. The molecule has 2 heterocycles. The summed E-state index contributed by atoms with van der Waals surface area (Å²) in [5, 5.41) is 0.659. The first-order valence-electron chi connectivity index (χ1n) is 9.76. The van der Waals surface area contributed by atoms with Gasteiger partial charge in [0.05, 0.1) is 5.52 Å². The fourth-order valence-electron chi connectivity index (χ4n) is 3.51. The Morgan fingerprint density at radius 3 is 2.41 bits per heavy atom. The Kier molecular flexibility index (Phi) is 6.33. The average molecular weight is 399 g/mol. The number of carbonyl (C=O) groups is 3. The molecule has 2 aromatic rings. The van der Waals surface area contributed by atoms with Crippen LogP contribution in [0.4, 0.5) is 0 Å². The van der Waals surface area contributed by atoms with Crippen molar-refractivity contribution in [3.63, 3.8) is 0 Å². The molecule has 3 rings (SSSR count). The number of ether oxygens (including phenoxy) is 1. The second-order valence-electron chi connectivity index (χ2n) is 6.93. The normalized spacial score (nSPS) is 14.9. The first-order chi connectivity index (χ1) is 13.9. The van der Waals surface area contributed by atoms with Gasteiger partial charge < -0.3 is 20.2 Å². The van der Waals surface area contributed by atoms with Crippen molar-refractivity contribution < 1.29 is 24.0 Å². The van der Waals surface area contributed by atoms with Crippen LogP contribution in [0.15, 0.2) is 30.4 Å². The Morgan fingerprint density at radius 2 is 1.76 bits per heavy atom. The highest BCUT2D eigenvalue weighted by Gasteiger charge is 2.25. The smallest absolute Gasteiger partial charge is 0.356 e. The lowest BCUT2D eigenvalue weighted by molar-refractivity contribution is -0.142. The Bertz CT molecular complexity index is 970. The quantitative estimate of drug-likeness (QED) is 0.679. The lowest BCUT2D eigenvalue weighted by atomic mass is 10.1. The van der Waals surface area contributed by atoms with Gasteiger partial charge in [0.1, 0.15) is 0 Å². The summed E-state index contributed by atoms with van der Waals surface area (Å²) in [5.74, 6) is -1.77. The van der Waals surface area contributed by atoms with Gasteiger partial charge in [-0.3, -0.25) is 4.79 Å². The van der Waals surface area contributed by atoms with Crippen LogP contribution < -0.4 is 15.3 Å². The summed E-state index contributed by atoms with van der Waals surface area (Å²) in [6.45, 7) is 6.88. The molecule has 0 atom stereocenters. The van der Waals surface area contributed by atoms with Gasteiger partial charge in [0.2, 0.25) is 11.8 Å². The van der Waals surface area contributed by atoms with E-state index in [4.69, 9.17) is 15.3 Å². The third-order valence-electron chi connectivity index (χ3n) is 4.76. The highest BCUT2D eigenvalue weighted by Crippen LogP contribution is 2.33. The lowest BCUT2D eigenvalue weighted by Gasteiger charge is -2.21. The summed E-state index contributed by atoms with van der Waals surface area (Å²) < 4.78 is 6.69. The predicted molar refractivity (Wildman–Crippen MR) is 108 cm³/mol. The van der Waals surface area contributed by atoms with E-state index in [1.165, 1.54) is 4.73 Å². The number of aromatic nitrogens is 1. The van der Waals surface area contributed by atoms with Crippen molar-refractivity contribution in [3.05, 3.63) is 41.5 Å². The van der Waals surface area contributed by atoms with E-state index in [1.54, 1.807) is 18.2 Å². The molecule has 1 aromatic carbocycles. The summed E-state index contributed by atoms with van der Waals surface area (Å²) >= 11 is 0. The highest BCUT2D eigenvalue weighted by atomic mass is 16.7. The predicted octanol–water partition coefficient (Wildman–Crippen LogP) is 1.84. The number of primary amides is 1.